The van der Waals surface area contributed by atoms with Crippen LogP contribution in [0.25, 0.3) is 0 Å². The number of aromatic carboxylic acids is 1. The third-order valence-electron chi connectivity index (χ3n) is 3.95. The molecule has 0 radical (unpaired) electrons. The van der Waals surface area contributed by atoms with Gasteiger partial charge in [-0.15, -0.1) is 0 Å². The third kappa shape index (κ3) is 5.53. The first kappa shape index (κ1) is 17.2. The molecule has 1 unspecified atom stereocenters. The Balaban J connectivity index is 1.92. The fourth-order valence-corrected chi connectivity index (χ4v) is 2.79. The van der Waals surface area contributed by atoms with E-state index in [2.05, 4.69) is 43.4 Å². The van der Waals surface area contributed by atoms with Gasteiger partial charge in [0.25, 0.3) is 0 Å². The van der Waals surface area contributed by atoms with Crippen LogP contribution in [0.4, 0.5) is 0 Å². The monoisotopic (exact) mass is 311 g/mol. The quantitative estimate of drug-likeness (QED) is 0.764. The van der Waals surface area contributed by atoms with E-state index >= 15 is 0 Å². The van der Waals surface area contributed by atoms with Crippen molar-refractivity contribution in [2.75, 3.05) is 6.54 Å². The molecular weight excluding hydrogens is 286 g/mol. The van der Waals surface area contributed by atoms with Crippen LogP contribution in [0.3, 0.4) is 0 Å². The van der Waals surface area contributed by atoms with E-state index in [1.54, 1.807) is 12.1 Å². The number of nitrogens with one attached hydrogen (secondary N) is 1. The summed E-state index contributed by atoms with van der Waals surface area (Å²) in [7, 11) is 0. The highest BCUT2D eigenvalue weighted by Gasteiger charge is 2.13. The highest BCUT2D eigenvalue weighted by atomic mass is 16.4. The summed E-state index contributed by atoms with van der Waals surface area (Å²) in [5.41, 5.74) is 2.80. The molecule has 23 heavy (non-hydrogen) atoms. The van der Waals surface area contributed by atoms with Crippen LogP contribution in [-0.2, 0) is 6.54 Å². The summed E-state index contributed by atoms with van der Waals surface area (Å²) in [6.07, 6.45) is 1.15. The number of benzene rings is 2. The fourth-order valence-electron chi connectivity index (χ4n) is 2.79. The van der Waals surface area contributed by atoms with Crippen molar-refractivity contribution in [1.29, 1.82) is 0 Å². The second kappa shape index (κ2) is 8.49. The maximum Gasteiger partial charge on any atom is 0.335 e. The van der Waals surface area contributed by atoms with Crippen LogP contribution in [0, 0.1) is 5.92 Å². The summed E-state index contributed by atoms with van der Waals surface area (Å²) in [5, 5.41) is 12.4. The summed E-state index contributed by atoms with van der Waals surface area (Å²) >= 11 is 0. The maximum absolute atomic E-state index is 10.9. The highest BCUT2D eigenvalue weighted by Crippen LogP contribution is 2.23. The molecule has 0 fully saturated rings. The largest absolute Gasteiger partial charge is 0.478 e. The Hall–Kier alpha value is -2.13. The van der Waals surface area contributed by atoms with Gasteiger partial charge in [-0.2, -0.15) is 0 Å². The van der Waals surface area contributed by atoms with Crippen molar-refractivity contribution in [3.8, 4) is 0 Å². The average Bonchev–Trinajstić information content (AvgIpc) is 2.55. The lowest BCUT2D eigenvalue weighted by Crippen LogP contribution is -2.22. The highest BCUT2D eigenvalue weighted by molar-refractivity contribution is 5.87. The number of rotatable bonds is 8. The molecule has 0 aliphatic heterocycles. The number of hydrogen-bond acceptors (Lipinski definition) is 2. The van der Waals surface area contributed by atoms with E-state index in [0.717, 1.165) is 25.1 Å². The molecule has 0 saturated carbocycles. The molecule has 0 aromatic heterocycles. The van der Waals surface area contributed by atoms with E-state index in [1.807, 2.05) is 18.2 Å². The first-order valence-electron chi connectivity index (χ1n) is 8.14. The lowest BCUT2D eigenvalue weighted by Gasteiger charge is -2.20. The zero-order valence-electron chi connectivity index (χ0n) is 13.8. The van der Waals surface area contributed by atoms with Gasteiger partial charge < -0.3 is 10.4 Å². The smallest absolute Gasteiger partial charge is 0.335 e. The van der Waals surface area contributed by atoms with E-state index in [4.69, 9.17) is 5.11 Å². The molecule has 0 bridgehead atoms. The van der Waals surface area contributed by atoms with Gasteiger partial charge in [-0.05, 0) is 41.5 Å². The molecule has 1 atom stereocenters. The summed E-state index contributed by atoms with van der Waals surface area (Å²) < 4.78 is 0. The van der Waals surface area contributed by atoms with Gasteiger partial charge in [0, 0.05) is 13.1 Å². The van der Waals surface area contributed by atoms with Gasteiger partial charge in [0.1, 0.15) is 0 Å². The molecule has 0 aliphatic carbocycles. The molecule has 122 valence electrons. The predicted molar refractivity (Wildman–Crippen MR) is 93.7 cm³/mol. The van der Waals surface area contributed by atoms with Gasteiger partial charge in [-0.3, -0.25) is 0 Å². The van der Waals surface area contributed by atoms with Crippen LogP contribution in [0.1, 0.15) is 47.7 Å². The number of hydrogen-bond donors (Lipinski definition) is 2. The zero-order chi connectivity index (χ0) is 16.7. The Morgan fingerprint density at radius 1 is 1.04 bits per heavy atom. The van der Waals surface area contributed by atoms with Gasteiger partial charge in [0.05, 0.1) is 5.56 Å². The van der Waals surface area contributed by atoms with Crippen LogP contribution < -0.4 is 5.32 Å². The van der Waals surface area contributed by atoms with E-state index in [1.165, 1.54) is 5.56 Å². The summed E-state index contributed by atoms with van der Waals surface area (Å²) in [6.45, 7) is 6.17. The van der Waals surface area contributed by atoms with Gasteiger partial charge >= 0.3 is 5.97 Å². The van der Waals surface area contributed by atoms with Crippen molar-refractivity contribution in [3.05, 3.63) is 71.3 Å². The minimum absolute atomic E-state index is 0.329. The molecule has 0 saturated heterocycles. The molecule has 2 rings (SSSR count). The lowest BCUT2D eigenvalue weighted by molar-refractivity contribution is 0.0697. The first-order valence-corrected chi connectivity index (χ1v) is 8.14. The molecular formula is C20H25NO2. The van der Waals surface area contributed by atoms with Crippen LogP contribution in [0.2, 0.25) is 0 Å². The second-order valence-corrected chi connectivity index (χ2v) is 6.37. The summed E-state index contributed by atoms with van der Waals surface area (Å²) in [4.78, 5) is 10.9. The van der Waals surface area contributed by atoms with Crippen LogP contribution in [-0.4, -0.2) is 17.6 Å². The summed E-state index contributed by atoms with van der Waals surface area (Å²) in [6, 6.07) is 17.7. The average molecular weight is 311 g/mol. The Kier molecular flexibility index (Phi) is 6.36. The van der Waals surface area contributed by atoms with Gasteiger partial charge in [0.2, 0.25) is 0 Å². The van der Waals surface area contributed by atoms with E-state index < -0.39 is 5.97 Å². The topological polar surface area (TPSA) is 49.3 Å². The van der Waals surface area contributed by atoms with Gasteiger partial charge in [0.15, 0.2) is 0 Å². The zero-order valence-corrected chi connectivity index (χ0v) is 13.8. The SMILES string of the molecule is CC(C)CC(CNCc1ccc(C(=O)O)cc1)c1ccccc1. The lowest BCUT2D eigenvalue weighted by atomic mass is 9.90. The molecule has 3 heteroatoms. The van der Waals surface area contributed by atoms with Gasteiger partial charge in [-0.25, -0.2) is 4.79 Å². The Labute approximate surface area is 138 Å². The Morgan fingerprint density at radius 3 is 2.26 bits per heavy atom. The van der Waals surface area contributed by atoms with E-state index in [0.29, 0.717) is 17.4 Å². The van der Waals surface area contributed by atoms with Crippen molar-refractivity contribution >= 4 is 5.97 Å². The van der Waals surface area contributed by atoms with E-state index in [9.17, 15) is 4.79 Å². The molecule has 0 spiro atoms. The minimum atomic E-state index is -0.884. The van der Waals surface area contributed by atoms with Crippen molar-refractivity contribution in [3.63, 3.8) is 0 Å². The molecule has 0 aliphatic rings. The molecule has 0 heterocycles. The van der Waals surface area contributed by atoms with Crippen molar-refractivity contribution in [2.24, 2.45) is 5.92 Å². The first-order chi connectivity index (χ1) is 11.1. The van der Waals surface area contributed by atoms with Crippen molar-refractivity contribution < 1.29 is 9.90 Å². The standard InChI is InChI=1S/C20H25NO2/c1-15(2)12-19(17-6-4-3-5-7-17)14-21-13-16-8-10-18(11-9-16)20(22)23/h3-11,15,19,21H,12-14H2,1-2H3,(H,22,23). The molecule has 2 N–H and O–H groups in total. The molecule has 2 aromatic rings. The summed E-state index contributed by atoms with van der Waals surface area (Å²) in [5.74, 6) is 0.261. The van der Waals surface area contributed by atoms with Crippen LogP contribution in [0.5, 0.6) is 0 Å². The third-order valence-corrected chi connectivity index (χ3v) is 3.95. The van der Waals surface area contributed by atoms with E-state index in [-0.39, 0.29) is 0 Å². The predicted octanol–water partition coefficient (Wildman–Crippen LogP) is 4.30. The Morgan fingerprint density at radius 2 is 1.70 bits per heavy atom. The number of carboxylic acids is 1. The molecule has 3 nitrogen and oxygen atoms in total. The minimum Gasteiger partial charge on any atom is -0.478 e. The fraction of sp³-hybridized carbons (Fsp3) is 0.350. The van der Waals surface area contributed by atoms with Gasteiger partial charge in [-0.1, -0.05) is 56.3 Å². The van der Waals surface area contributed by atoms with Crippen molar-refractivity contribution in [1.82, 2.24) is 5.32 Å². The van der Waals surface area contributed by atoms with Crippen LogP contribution >= 0.6 is 0 Å². The Bertz CT molecular complexity index is 605. The maximum atomic E-state index is 10.9. The normalized spacial score (nSPS) is 12.3. The van der Waals surface area contributed by atoms with Crippen LogP contribution in [0.15, 0.2) is 54.6 Å². The molecule has 2 aromatic carbocycles. The second-order valence-electron chi connectivity index (χ2n) is 6.37. The van der Waals surface area contributed by atoms with Crippen molar-refractivity contribution in [2.45, 2.75) is 32.7 Å². The number of carboxylic acid groups (broad SMARTS) is 1. The number of carbonyl (C=O) groups is 1. The molecule has 0 amide bonds.